The van der Waals surface area contributed by atoms with Crippen molar-refractivity contribution in [3.05, 3.63) is 22.7 Å². The van der Waals surface area contributed by atoms with Crippen molar-refractivity contribution >= 4 is 30.5 Å². The summed E-state index contributed by atoms with van der Waals surface area (Å²) in [4.78, 5) is 10.9. The minimum absolute atomic E-state index is 0.106. The van der Waals surface area contributed by atoms with Crippen LogP contribution in [-0.4, -0.2) is 29.7 Å². The van der Waals surface area contributed by atoms with Crippen LogP contribution in [0.4, 0.5) is 0 Å². The van der Waals surface area contributed by atoms with Crippen molar-refractivity contribution in [2.24, 2.45) is 0 Å². The van der Waals surface area contributed by atoms with Crippen LogP contribution in [0.5, 0.6) is 5.75 Å². The first-order valence-corrected chi connectivity index (χ1v) is 6.39. The fourth-order valence-corrected chi connectivity index (χ4v) is 2.08. The number of aromatic hydroxyl groups is 1. The maximum absolute atomic E-state index is 10.9. The molecule has 1 aromatic carbocycles. The van der Waals surface area contributed by atoms with E-state index >= 15 is 0 Å². The number of carbonyl (C=O) groups excluding carboxylic acids is 1. The summed E-state index contributed by atoms with van der Waals surface area (Å²) in [7, 11) is -0.609. The van der Waals surface area contributed by atoms with Crippen LogP contribution in [0, 0.1) is 0 Å². The number of phenolic OH excluding ortho intramolecular Hbond substituents is 1. The zero-order valence-electron chi connectivity index (χ0n) is 11.4. The Morgan fingerprint density at radius 2 is 1.74 bits per heavy atom. The van der Waals surface area contributed by atoms with Crippen molar-refractivity contribution in [3.8, 4) is 5.75 Å². The summed E-state index contributed by atoms with van der Waals surface area (Å²) in [5, 5.41) is 9.73. The highest BCUT2D eigenvalue weighted by atomic mass is 35.5. The fourth-order valence-electron chi connectivity index (χ4n) is 1.85. The van der Waals surface area contributed by atoms with Crippen molar-refractivity contribution < 1.29 is 19.2 Å². The molecule has 0 amide bonds. The molecule has 19 heavy (non-hydrogen) atoms. The SMILES string of the molecule is CC1(C)OB(c2cc(Cl)c(O)c(C=O)c2)OC1(C)C. The van der Waals surface area contributed by atoms with Gasteiger partial charge >= 0.3 is 7.12 Å². The molecule has 0 bridgehead atoms. The molecule has 1 aliphatic rings. The Bertz CT molecular complexity index is 512. The van der Waals surface area contributed by atoms with Crippen LogP contribution in [0.1, 0.15) is 38.1 Å². The Hall–Kier alpha value is -1.04. The smallest absolute Gasteiger partial charge is 0.494 e. The first-order valence-electron chi connectivity index (χ1n) is 6.01. The van der Waals surface area contributed by atoms with E-state index in [2.05, 4.69) is 0 Å². The Morgan fingerprint density at radius 3 is 2.21 bits per heavy atom. The molecule has 0 radical (unpaired) electrons. The van der Waals surface area contributed by atoms with Gasteiger partial charge in [0.2, 0.25) is 0 Å². The summed E-state index contributed by atoms with van der Waals surface area (Å²) in [5.41, 5.74) is -0.201. The molecule has 0 spiro atoms. The van der Waals surface area contributed by atoms with Crippen LogP contribution >= 0.6 is 11.6 Å². The minimum Gasteiger partial charge on any atom is -0.506 e. The summed E-state index contributed by atoms with van der Waals surface area (Å²) < 4.78 is 11.7. The van der Waals surface area contributed by atoms with Crippen molar-refractivity contribution in [2.45, 2.75) is 38.9 Å². The van der Waals surface area contributed by atoms with Crippen LogP contribution in [0.15, 0.2) is 12.1 Å². The molecule has 1 fully saturated rings. The van der Waals surface area contributed by atoms with E-state index in [1.807, 2.05) is 27.7 Å². The molecule has 0 atom stereocenters. The number of aldehydes is 1. The second-order valence-electron chi connectivity index (χ2n) is 5.65. The summed E-state index contributed by atoms with van der Waals surface area (Å²) in [6.07, 6.45) is 0.552. The van der Waals surface area contributed by atoms with Gasteiger partial charge in [-0.05, 0) is 45.3 Å². The van der Waals surface area contributed by atoms with Crippen molar-refractivity contribution in [1.29, 1.82) is 0 Å². The topological polar surface area (TPSA) is 55.8 Å². The molecule has 1 heterocycles. The van der Waals surface area contributed by atoms with Crippen LogP contribution in [0.25, 0.3) is 0 Å². The minimum atomic E-state index is -0.609. The van der Waals surface area contributed by atoms with Crippen molar-refractivity contribution in [3.63, 3.8) is 0 Å². The van der Waals surface area contributed by atoms with Crippen LogP contribution in [0.3, 0.4) is 0 Å². The molecule has 0 unspecified atom stereocenters. The largest absolute Gasteiger partial charge is 0.506 e. The predicted molar refractivity (Wildman–Crippen MR) is 74.2 cm³/mol. The van der Waals surface area contributed by atoms with Crippen molar-refractivity contribution in [2.75, 3.05) is 0 Å². The summed E-state index contributed by atoms with van der Waals surface area (Å²) in [6, 6.07) is 3.07. The molecule has 0 aliphatic carbocycles. The molecule has 6 heteroatoms. The van der Waals surface area contributed by atoms with Crippen LogP contribution in [-0.2, 0) is 9.31 Å². The average Bonchev–Trinajstić information content (AvgIpc) is 2.52. The number of phenols is 1. The zero-order valence-corrected chi connectivity index (χ0v) is 12.1. The van der Waals surface area contributed by atoms with Gasteiger partial charge in [-0.3, -0.25) is 4.79 Å². The molecule has 0 saturated carbocycles. The van der Waals surface area contributed by atoms with Crippen LogP contribution < -0.4 is 5.46 Å². The highest BCUT2D eigenvalue weighted by Gasteiger charge is 2.51. The highest BCUT2D eigenvalue weighted by Crippen LogP contribution is 2.37. The highest BCUT2D eigenvalue weighted by molar-refractivity contribution is 6.62. The van der Waals surface area contributed by atoms with Gasteiger partial charge in [0.05, 0.1) is 21.8 Å². The third-order valence-electron chi connectivity index (χ3n) is 3.77. The maximum Gasteiger partial charge on any atom is 0.494 e. The molecule has 1 saturated heterocycles. The number of hydrogen-bond acceptors (Lipinski definition) is 4. The average molecular weight is 283 g/mol. The number of halogens is 1. The lowest BCUT2D eigenvalue weighted by Crippen LogP contribution is -2.41. The van der Waals surface area contributed by atoms with Gasteiger partial charge in [0.25, 0.3) is 0 Å². The molecular formula is C13H16BClO4. The van der Waals surface area contributed by atoms with Gasteiger partial charge in [0.1, 0.15) is 5.75 Å². The van der Waals surface area contributed by atoms with Gasteiger partial charge in [-0.15, -0.1) is 0 Å². The number of benzene rings is 1. The molecule has 1 N–H and O–H groups in total. The van der Waals surface area contributed by atoms with E-state index in [4.69, 9.17) is 20.9 Å². The normalized spacial score (nSPS) is 20.6. The summed E-state index contributed by atoms with van der Waals surface area (Å²) in [5.74, 6) is -0.225. The van der Waals surface area contributed by atoms with E-state index in [0.29, 0.717) is 11.7 Å². The standard InChI is InChI=1S/C13H16BClO4/c1-12(2)13(3,4)19-14(18-12)9-5-8(7-16)11(17)10(15)6-9/h5-7,17H,1-4H3. The van der Waals surface area contributed by atoms with Gasteiger partial charge in [0, 0.05) is 0 Å². The number of hydrogen-bond donors (Lipinski definition) is 1. The maximum atomic E-state index is 10.9. The second-order valence-corrected chi connectivity index (χ2v) is 6.05. The third-order valence-corrected chi connectivity index (χ3v) is 4.06. The third kappa shape index (κ3) is 2.38. The quantitative estimate of drug-likeness (QED) is 0.667. The van der Waals surface area contributed by atoms with Gasteiger partial charge in [-0.25, -0.2) is 0 Å². The first kappa shape index (κ1) is 14.4. The number of carbonyl (C=O) groups is 1. The lowest BCUT2D eigenvalue weighted by molar-refractivity contribution is 0.00578. The van der Waals surface area contributed by atoms with Crippen molar-refractivity contribution in [1.82, 2.24) is 0 Å². The lowest BCUT2D eigenvalue weighted by Gasteiger charge is -2.32. The van der Waals surface area contributed by atoms with Gasteiger partial charge in [-0.2, -0.15) is 0 Å². The number of rotatable bonds is 2. The van der Waals surface area contributed by atoms with Gasteiger partial charge in [0.15, 0.2) is 6.29 Å². The van der Waals surface area contributed by atoms with E-state index in [9.17, 15) is 9.90 Å². The Kier molecular flexibility index (Phi) is 3.41. The Labute approximate surface area is 117 Å². The van der Waals surface area contributed by atoms with Gasteiger partial charge < -0.3 is 14.4 Å². The molecular weight excluding hydrogens is 266 g/mol. The predicted octanol–water partition coefficient (Wildman–Crippen LogP) is 2.16. The van der Waals surface area contributed by atoms with E-state index in [1.54, 1.807) is 6.07 Å². The molecule has 4 nitrogen and oxygen atoms in total. The van der Waals surface area contributed by atoms with Gasteiger partial charge in [-0.1, -0.05) is 11.6 Å². The summed E-state index contributed by atoms with van der Waals surface area (Å²) >= 11 is 5.90. The van der Waals surface area contributed by atoms with E-state index in [-0.39, 0.29) is 16.3 Å². The zero-order chi connectivity index (χ0) is 14.4. The fraction of sp³-hybridized carbons (Fsp3) is 0.462. The van der Waals surface area contributed by atoms with E-state index < -0.39 is 18.3 Å². The Morgan fingerprint density at radius 1 is 1.21 bits per heavy atom. The lowest BCUT2D eigenvalue weighted by atomic mass is 9.78. The molecule has 2 rings (SSSR count). The monoisotopic (exact) mass is 282 g/mol. The molecule has 1 aliphatic heterocycles. The Balaban J connectivity index is 2.40. The van der Waals surface area contributed by atoms with Crippen LogP contribution in [0.2, 0.25) is 5.02 Å². The second kappa shape index (κ2) is 4.51. The molecule has 102 valence electrons. The summed E-state index contributed by atoms with van der Waals surface area (Å²) in [6.45, 7) is 7.76. The molecule has 1 aromatic rings. The van der Waals surface area contributed by atoms with E-state index in [1.165, 1.54) is 6.07 Å². The molecule has 0 aromatic heterocycles. The van der Waals surface area contributed by atoms with E-state index in [0.717, 1.165) is 0 Å². The first-order chi connectivity index (χ1) is 8.68.